The lowest BCUT2D eigenvalue weighted by molar-refractivity contribution is -0.168. The molecule has 0 aromatic carbocycles. The molecule has 26 heavy (non-hydrogen) atoms. The maximum absolute atomic E-state index is 13.3. The van der Waals surface area contributed by atoms with Gasteiger partial charge in [-0.2, -0.15) is 0 Å². The Bertz CT molecular complexity index is 764. The number of allylic oxidation sites excluding steroid dienone is 4. The lowest BCUT2D eigenvalue weighted by Gasteiger charge is -2.56. The maximum atomic E-state index is 13.3. The van der Waals surface area contributed by atoms with Gasteiger partial charge in [0.25, 0.3) is 0 Å². The van der Waals surface area contributed by atoms with Crippen LogP contribution in [0.3, 0.4) is 0 Å². The van der Waals surface area contributed by atoms with Crippen molar-refractivity contribution in [2.45, 2.75) is 51.6 Å². The van der Waals surface area contributed by atoms with Crippen molar-refractivity contribution in [2.75, 3.05) is 6.61 Å². The van der Waals surface area contributed by atoms with E-state index in [1.54, 1.807) is 12.2 Å². The highest BCUT2D eigenvalue weighted by molar-refractivity contribution is 6.02. The van der Waals surface area contributed by atoms with E-state index in [4.69, 9.17) is 0 Å². The number of aliphatic hydroxyl groups is 2. The van der Waals surface area contributed by atoms with Gasteiger partial charge in [0.2, 0.25) is 0 Å². The number of carbonyl (C=O) groups excluding carboxylic acids is 3. The Morgan fingerprint density at radius 1 is 1.27 bits per heavy atom. The van der Waals surface area contributed by atoms with Crippen molar-refractivity contribution in [1.82, 2.24) is 0 Å². The first kappa shape index (κ1) is 17.8. The third kappa shape index (κ3) is 2.01. The van der Waals surface area contributed by atoms with Gasteiger partial charge in [-0.05, 0) is 49.7 Å². The summed E-state index contributed by atoms with van der Waals surface area (Å²) < 4.78 is 0. The SMILES string of the molecule is C[C@]12C=CC(=O)C=C1CC[C@@H]1[C@H]2C(=O)C[C@@]2(C)[C@H]1CC[C@@]2(O)C(=O)CO. The highest BCUT2D eigenvalue weighted by Gasteiger charge is 2.68. The van der Waals surface area contributed by atoms with Crippen LogP contribution in [0.2, 0.25) is 0 Å². The second kappa shape index (κ2) is 5.46. The molecule has 4 aliphatic carbocycles. The predicted molar refractivity (Wildman–Crippen MR) is 94.0 cm³/mol. The molecule has 4 rings (SSSR count). The van der Waals surface area contributed by atoms with Crippen LogP contribution in [0.15, 0.2) is 23.8 Å². The first-order valence-corrected chi connectivity index (χ1v) is 9.51. The minimum atomic E-state index is -1.62. The molecule has 5 heteroatoms. The van der Waals surface area contributed by atoms with Crippen LogP contribution in [0.25, 0.3) is 0 Å². The second-order valence-corrected chi connectivity index (χ2v) is 9.02. The summed E-state index contributed by atoms with van der Waals surface area (Å²) in [5.74, 6) is -0.590. The third-order valence-corrected chi connectivity index (χ3v) is 8.01. The van der Waals surface area contributed by atoms with Gasteiger partial charge in [-0.1, -0.05) is 25.5 Å². The first-order valence-electron chi connectivity index (χ1n) is 9.51. The zero-order valence-corrected chi connectivity index (χ0v) is 15.3. The van der Waals surface area contributed by atoms with Gasteiger partial charge in [-0.3, -0.25) is 14.4 Å². The normalized spacial score (nSPS) is 47.1. The highest BCUT2D eigenvalue weighted by Crippen LogP contribution is 2.66. The second-order valence-electron chi connectivity index (χ2n) is 9.02. The van der Waals surface area contributed by atoms with Crippen LogP contribution in [-0.2, 0) is 14.4 Å². The van der Waals surface area contributed by atoms with Gasteiger partial charge < -0.3 is 10.2 Å². The molecule has 0 spiro atoms. The summed E-state index contributed by atoms with van der Waals surface area (Å²) in [6, 6.07) is 0. The molecule has 0 aromatic rings. The molecule has 5 nitrogen and oxygen atoms in total. The Kier molecular flexibility index (Phi) is 3.74. The smallest absolute Gasteiger partial charge is 0.190 e. The molecule has 3 saturated carbocycles. The number of rotatable bonds is 2. The molecule has 0 aromatic heterocycles. The van der Waals surface area contributed by atoms with E-state index in [1.807, 2.05) is 19.9 Å². The Morgan fingerprint density at radius 2 is 2.00 bits per heavy atom. The van der Waals surface area contributed by atoms with Crippen molar-refractivity contribution in [3.05, 3.63) is 23.8 Å². The van der Waals surface area contributed by atoms with Gasteiger partial charge in [0, 0.05) is 23.2 Å². The van der Waals surface area contributed by atoms with Crippen LogP contribution < -0.4 is 0 Å². The minimum Gasteiger partial charge on any atom is -0.388 e. The van der Waals surface area contributed by atoms with Gasteiger partial charge in [-0.25, -0.2) is 0 Å². The Labute approximate surface area is 153 Å². The summed E-state index contributed by atoms with van der Waals surface area (Å²) in [7, 11) is 0. The van der Waals surface area contributed by atoms with E-state index in [2.05, 4.69) is 0 Å². The molecule has 0 unspecified atom stereocenters. The van der Waals surface area contributed by atoms with Crippen molar-refractivity contribution in [3.63, 3.8) is 0 Å². The highest BCUT2D eigenvalue weighted by atomic mass is 16.3. The Hall–Kier alpha value is -1.59. The predicted octanol–water partition coefficient (Wildman–Crippen LogP) is 1.77. The number of carbonyl (C=O) groups is 3. The topological polar surface area (TPSA) is 91.7 Å². The van der Waals surface area contributed by atoms with E-state index in [0.717, 1.165) is 18.4 Å². The first-order chi connectivity index (χ1) is 12.2. The fourth-order valence-electron chi connectivity index (χ4n) is 6.62. The lowest BCUT2D eigenvalue weighted by atomic mass is 9.46. The van der Waals surface area contributed by atoms with Crippen molar-refractivity contribution in [2.24, 2.45) is 28.6 Å². The summed E-state index contributed by atoms with van der Waals surface area (Å²) in [4.78, 5) is 37.4. The number of Topliss-reactive ketones (excluding diaryl/α,β-unsaturated/α-hetero) is 2. The summed E-state index contributed by atoms with van der Waals surface area (Å²) in [5, 5.41) is 20.5. The number of fused-ring (bicyclic) bond motifs is 5. The lowest BCUT2D eigenvalue weighted by Crippen LogP contribution is -2.60. The molecule has 0 amide bonds. The average molecular weight is 358 g/mol. The van der Waals surface area contributed by atoms with E-state index in [-0.39, 0.29) is 35.7 Å². The van der Waals surface area contributed by atoms with Gasteiger partial charge in [0.1, 0.15) is 18.0 Å². The molecule has 0 radical (unpaired) electrons. The number of ketones is 3. The Balaban J connectivity index is 1.76. The average Bonchev–Trinajstić information content (AvgIpc) is 2.86. The fraction of sp³-hybridized carbons (Fsp3) is 0.667. The van der Waals surface area contributed by atoms with Crippen molar-refractivity contribution in [1.29, 1.82) is 0 Å². The molecular formula is C21H26O5. The quantitative estimate of drug-likeness (QED) is 0.785. The third-order valence-electron chi connectivity index (χ3n) is 8.01. The summed E-state index contributed by atoms with van der Waals surface area (Å²) in [6.07, 6.45) is 7.82. The summed E-state index contributed by atoms with van der Waals surface area (Å²) >= 11 is 0. The van der Waals surface area contributed by atoms with Crippen LogP contribution in [0, 0.1) is 28.6 Å². The summed E-state index contributed by atoms with van der Waals surface area (Å²) in [5.41, 5.74) is -1.86. The van der Waals surface area contributed by atoms with Crippen molar-refractivity contribution >= 4 is 17.3 Å². The minimum absolute atomic E-state index is 0.0206. The van der Waals surface area contributed by atoms with E-state index >= 15 is 0 Å². The molecule has 0 heterocycles. The monoisotopic (exact) mass is 358 g/mol. The van der Waals surface area contributed by atoms with Gasteiger partial charge in [0.05, 0.1) is 0 Å². The fourth-order valence-corrected chi connectivity index (χ4v) is 6.62. The standard InChI is InChI=1S/C21H26O5/c1-19-7-5-13(23)9-12(19)3-4-14-15-6-8-21(26,17(25)11-22)20(15,2)10-16(24)18(14)19/h5,7,9,14-15,18,22,26H,3-4,6,8,10-11H2,1-2H3/t14-,15-,18-,19-,20-,21+/m0/s1. The van der Waals surface area contributed by atoms with E-state index in [1.165, 1.54) is 0 Å². The number of hydrogen-bond acceptors (Lipinski definition) is 5. The van der Waals surface area contributed by atoms with E-state index < -0.39 is 28.8 Å². The molecular weight excluding hydrogens is 332 g/mol. The van der Waals surface area contributed by atoms with Gasteiger partial charge >= 0.3 is 0 Å². The summed E-state index contributed by atoms with van der Waals surface area (Å²) in [6.45, 7) is 3.19. The molecule has 3 fully saturated rings. The molecule has 0 bridgehead atoms. The van der Waals surface area contributed by atoms with Crippen molar-refractivity contribution in [3.8, 4) is 0 Å². The molecule has 0 aliphatic heterocycles. The van der Waals surface area contributed by atoms with Gasteiger partial charge in [0.15, 0.2) is 11.6 Å². The van der Waals surface area contributed by atoms with Crippen LogP contribution in [0.4, 0.5) is 0 Å². The number of hydrogen-bond donors (Lipinski definition) is 2. The van der Waals surface area contributed by atoms with Crippen LogP contribution in [-0.4, -0.2) is 39.8 Å². The molecule has 0 saturated heterocycles. The van der Waals surface area contributed by atoms with E-state index in [0.29, 0.717) is 12.8 Å². The number of aliphatic hydroxyl groups excluding tert-OH is 1. The maximum Gasteiger partial charge on any atom is 0.190 e. The zero-order chi connectivity index (χ0) is 18.9. The van der Waals surface area contributed by atoms with Crippen molar-refractivity contribution < 1.29 is 24.6 Å². The van der Waals surface area contributed by atoms with Crippen LogP contribution in [0.1, 0.15) is 46.0 Å². The zero-order valence-electron chi connectivity index (χ0n) is 15.3. The van der Waals surface area contributed by atoms with Gasteiger partial charge in [-0.15, -0.1) is 0 Å². The molecule has 140 valence electrons. The largest absolute Gasteiger partial charge is 0.388 e. The van der Waals surface area contributed by atoms with Crippen LogP contribution >= 0.6 is 0 Å². The Morgan fingerprint density at radius 3 is 2.69 bits per heavy atom. The van der Waals surface area contributed by atoms with E-state index in [9.17, 15) is 24.6 Å². The van der Waals surface area contributed by atoms with Crippen LogP contribution in [0.5, 0.6) is 0 Å². The molecule has 6 atom stereocenters. The molecule has 2 N–H and O–H groups in total. The molecule has 4 aliphatic rings.